The summed E-state index contributed by atoms with van der Waals surface area (Å²) >= 11 is 0. The first kappa shape index (κ1) is 17.9. The van der Waals surface area contributed by atoms with Crippen molar-refractivity contribution in [2.75, 3.05) is 0 Å². The summed E-state index contributed by atoms with van der Waals surface area (Å²) in [7, 11) is 0. The second-order valence-electron chi connectivity index (χ2n) is 7.63. The fourth-order valence-corrected chi connectivity index (χ4v) is 4.80. The zero-order chi connectivity index (χ0) is 18.6. The Morgan fingerprint density at radius 2 is 2.00 bits per heavy atom. The first-order valence-electron chi connectivity index (χ1n) is 9.74. The van der Waals surface area contributed by atoms with Crippen molar-refractivity contribution in [2.45, 2.75) is 38.2 Å². The molecule has 0 spiro atoms. The van der Waals surface area contributed by atoms with Crippen LogP contribution in [0.15, 0.2) is 48.7 Å². The van der Waals surface area contributed by atoms with Crippen LogP contribution in [0, 0.1) is 23.6 Å². The lowest BCUT2D eigenvalue weighted by molar-refractivity contribution is -0.134. The highest BCUT2D eigenvalue weighted by Crippen LogP contribution is 2.47. The van der Waals surface area contributed by atoms with Crippen molar-refractivity contribution in [3.8, 4) is 11.1 Å². The van der Waals surface area contributed by atoms with E-state index in [0.717, 1.165) is 23.2 Å². The minimum Gasteiger partial charge on any atom is -0.464 e. The molecule has 3 nitrogen and oxygen atoms in total. The highest BCUT2D eigenvalue weighted by atomic mass is 19.1. The molecule has 2 fully saturated rings. The summed E-state index contributed by atoms with van der Waals surface area (Å²) < 4.78 is 18.8. The van der Waals surface area contributed by atoms with Crippen LogP contribution in [0.5, 0.6) is 0 Å². The average Bonchev–Trinajstić information content (AvgIpc) is 3.04. The number of pyridine rings is 1. The number of rotatable bonds is 5. The molecule has 0 radical (unpaired) electrons. The highest BCUT2D eigenvalue weighted by molar-refractivity contribution is 5.63. The summed E-state index contributed by atoms with van der Waals surface area (Å²) in [6.45, 7) is 0.592. The van der Waals surface area contributed by atoms with Crippen LogP contribution in [0.3, 0.4) is 0 Å². The van der Waals surface area contributed by atoms with Crippen LogP contribution in [0.25, 0.3) is 17.2 Å². The molecule has 0 saturated heterocycles. The molecule has 27 heavy (non-hydrogen) atoms. The first-order chi connectivity index (χ1) is 13.2. The SMILES string of the molecule is O=CO[C@H]1C[C@H]2CCCC[C@H]2[C@@H]1C=Cc1ccc(-c2cccc(F)c2)cn1. The third-order valence-corrected chi connectivity index (χ3v) is 6.09. The lowest BCUT2D eigenvalue weighted by Crippen LogP contribution is -2.22. The number of benzene rings is 1. The van der Waals surface area contributed by atoms with E-state index in [9.17, 15) is 9.18 Å². The number of hydrogen-bond donors (Lipinski definition) is 0. The van der Waals surface area contributed by atoms with Crippen molar-refractivity contribution in [1.82, 2.24) is 4.98 Å². The van der Waals surface area contributed by atoms with Crippen molar-refractivity contribution >= 4 is 12.5 Å². The molecule has 1 heterocycles. The number of carbonyl (C=O) groups is 1. The van der Waals surface area contributed by atoms with Gasteiger partial charge >= 0.3 is 0 Å². The molecule has 0 aliphatic heterocycles. The van der Waals surface area contributed by atoms with E-state index in [-0.39, 0.29) is 17.8 Å². The predicted octanol–water partition coefficient (Wildman–Crippen LogP) is 5.27. The number of hydrogen-bond acceptors (Lipinski definition) is 3. The maximum atomic E-state index is 13.4. The first-order valence-corrected chi connectivity index (χ1v) is 9.74. The van der Waals surface area contributed by atoms with Gasteiger partial charge in [0.15, 0.2) is 0 Å². The Morgan fingerprint density at radius 3 is 2.78 bits per heavy atom. The summed E-state index contributed by atoms with van der Waals surface area (Å²) in [6, 6.07) is 10.4. The van der Waals surface area contributed by atoms with Crippen molar-refractivity contribution in [3.05, 3.63) is 60.2 Å². The molecule has 2 aromatic rings. The largest absolute Gasteiger partial charge is 0.464 e. The van der Waals surface area contributed by atoms with Gasteiger partial charge in [0.2, 0.25) is 0 Å². The molecule has 2 aliphatic carbocycles. The van der Waals surface area contributed by atoms with Gasteiger partial charge in [-0.3, -0.25) is 9.78 Å². The van der Waals surface area contributed by atoms with Gasteiger partial charge in [-0.05, 0) is 54.5 Å². The van der Waals surface area contributed by atoms with Gasteiger partial charge in [-0.15, -0.1) is 0 Å². The van der Waals surface area contributed by atoms with Crippen LogP contribution in [0.2, 0.25) is 0 Å². The molecule has 4 heteroatoms. The van der Waals surface area contributed by atoms with E-state index >= 15 is 0 Å². The van der Waals surface area contributed by atoms with E-state index in [0.29, 0.717) is 18.3 Å². The van der Waals surface area contributed by atoms with Crippen molar-refractivity contribution < 1.29 is 13.9 Å². The van der Waals surface area contributed by atoms with Crippen LogP contribution >= 0.6 is 0 Å². The Morgan fingerprint density at radius 1 is 1.11 bits per heavy atom. The molecule has 1 aromatic carbocycles. The van der Waals surface area contributed by atoms with Gasteiger partial charge in [0.1, 0.15) is 11.9 Å². The third-order valence-electron chi connectivity index (χ3n) is 6.09. The summed E-state index contributed by atoms with van der Waals surface area (Å²) in [5.41, 5.74) is 2.57. The lowest BCUT2D eigenvalue weighted by atomic mass is 9.78. The van der Waals surface area contributed by atoms with Gasteiger partial charge in [0.05, 0.1) is 5.69 Å². The van der Waals surface area contributed by atoms with Gasteiger partial charge < -0.3 is 4.74 Å². The minimum absolute atomic E-state index is 0.0154. The molecular weight excluding hydrogens is 341 g/mol. The highest BCUT2D eigenvalue weighted by Gasteiger charge is 2.43. The zero-order valence-corrected chi connectivity index (χ0v) is 15.3. The van der Waals surface area contributed by atoms with Crippen molar-refractivity contribution in [3.63, 3.8) is 0 Å². The fourth-order valence-electron chi connectivity index (χ4n) is 4.80. The number of nitrogens with zero attached hydrogens (tertiary/aromatic N) is 1. The smallest absolute Gasteiger partial charge is 0.293 e. The van der Waals surface area contributed by atoms with Crippen LogP contribution in [0.4, 0.5) is 4.39 Å². The predicted molar refractivity (Wildman–Crippen MR) is 103 cm³/mol. The Hall–Kier alpha value is -2.49. The zero-order valence-electron chi connectivity index (χ0n) is 15.3. The number of halogens is 1. The van der Waals surface area contributed by atoms with E-state index in [1.54, 1.807) is 12.3 Å². The quantitative estimate of drug-likeness (QED) is 0.678. The molecule has 140 valence electrons. The van der Waals surface area contributed by atoms with E-state index in [2.05, 4.69) is 11.1 Å². The number of carbonyl (C=O) groups excluding carboxylic acids is 1. The molecule has 2 saturated carbocycles. The molecular formula is C23H24FNO2. The lowest BCUT2D eigenvalue weighted by Gasteiger charge is -2.27. The summed E-state index contributed by atoms with van der Waals surface area (Å²) in [4.78, 5) is 15.4. The monoisotopic (exact) mass is 365 g/mol. The Kier molecular flexibility index (Phi) is 5.33. The molecule has 0 bridgehead atoms. The molecule has 0 unspecified atom stereocenters. The second-order valence-corrected chi connectivity index (χ2v) is 7.63. The Labute approximate surface area is 159 Å². The standard InChI is InChI=1S/C23H24FNO2/c24-19-6-3-5-16(12-19)18-8-9-20(25-14-18)10-11-22-21-7-2-1-4-17(21)13-23(22)27-15-26/h3,5-6,8-12,14-15,17,21-23H,1-2,4,7,13H2/t17-,21-,22+,23+/m1/s1. The normalized spacial score (nSPS) is 27.4. The molecule has 4 rings (SSSR count). The maximum absolute atomic E-state index is 13.4. The van der Waals surface area contributed by atoms with Gasteiger partial charge in [-0.2, -0.15) is 0 Å². The van der Waals surface area contributed by atoms with Crippen molar-refractivity contribution in [1.29, 1.82) is 0 Å². The summed E-state index contributed by atoms with van der Waals surface area (Å²) in [5, 5.41) is 0. The fraction of sp³-hybridized carbons (Fsp3) is 0.391. The van der Waals surface area contributed by atoms with Crippen molar-refractivity contribution in [2.24, 2.45) is 17.8 Å². The molecule has 1 aromatic heterocycles. The van der Waals surface area contributed by atoms with Gasteiger partial charge in [0.25, 0.3) is 6.47 Å². The Balaban J connectivity index is 1.50. The maximum Gasteiger partial charge on any atom is 0.293 e. The van der Waals surface area contributed by atoms with Gasteiger partial charge in [-0.1, -0.05) is 43.5 Å². The molecule has 0 N–H and O–H groups in total. The topological polar surface area (TPSA) is 39.2 Å². The third kappa shape index (κ3) is 3.95. The molecule has 0 amide bonds. The number of fused-ring (bicyclic) bond motifs is 1. The van der Waals surface area contributed by atoms with Gasteiger partial charge in [0, 0.05) is 17.7 Å². The summed E-state index contributed by atoms with van der Waals surface area (Å²) in [6.07, 6.45) is 11.9. The van der Waals surface area contributed by atoms with E-state index < -0.39 is 0 Å². The summed E-state index contributed by atoms with van der Waals surface area (Å²) in [5.74, 6) is 1.29. The molecule has 2 aliphatic rings. The molecule has 4 atom stereocenters. The van der Waals surface area contributed by atoms with Crippen LogP contribution in [-0.2, 0) is 9.53 Å². The average molecular weight is 365 g/mol. The Bertz CT molecular complexity index is 817. The second kappa shape index (κ2) is 8.03. The van der Waals surface area contributed by atoms with Crippen LogP contribution in [0.1, 0.15) is 37.8 Å². The number of ether oxygens (including phenoxy) is 1. The van der Waals surface area contributed by atoms with Crippen LogP contribution < -0.4 is 0 Å². The van der Waals surface area contributed by atoms with E-state index in [4.69, 9.17) is 4.74 Å². The minimum atomic E-state index is -0.249. The number of aromatic nitrogens is 1. The van der Waals surface area contributed by atoms with E-state index in [1.165, 1.54) is 37.8 Å². The van der Waals surface area contributed by atoms with Crippen LogP contribution in [-0.4, -0.2) is 17.6 Å². The van der Waals surface area contributed by atoms with E-state index in [1.807, 2.05) is 24.3 Å². The van der Waals surface area contributed by atoms with Gasteiger partial charge in [-0.25, -0.2) is 4.39 Å².